The summed E-state index contributed by atoms with van der Waals surface area (Å²) in [6.45, 7) is 16.9. The fourth-order valence-corrected chi connectivity index (χ4v) is 5.33. The topological polar surface area (TPSA) is 50.3 Å². The van der Waals surface area contributed by atoms with Gasteiger partial charge in [0.2, 0.25) is 11.8 Å². The molecule has 2 aliphatic heterocycles. The molecule has 0 aliphatic carbocycles. The van der Waals surface area contributed by atoms with Gasteiger partial charge in [-0.1, -0.05) is 27.7 Å². The molecule has 0 N–H and O–H groups in total. The van der Waals surface area contributed by atoms with Gasteiger partial charge in [-0.3, -0.25) is 14.5 Å². The molecule has 0 bridgehead atoms. The summed E-state index contributed by atoms with van der Waals surface area (Å²) in [5.41, 5.74) is 1.45. The summed E-state index contributed by atoms with van der Waals surface area (Å²) in [5.74, 6) is 0.580. The summed E-state index contributed by atoms with van der Waals surface area (Å²) >= 11 is 0. The van der Waals surface area contributed by atoms with Gasteiger partial charge in [-0.25, -0.2) is 4.39 Å². The zero-order chi connectivity index (χ0) is 26.9. The van der Waals surface area contributed by atoms with Crippen molar-refractivity contribution in [3.8, 4) is 0 Å². The summed E-state index contributed by atoms with van der Waals surface area (Å²) in [6.07, 6.45) is 2.18. The van der Waals surface area contributed by atoms with Gasteiger partial charge < -0.3 is 19.6 Å². The number of likely N-dealkylation sites (N-methyl/N-ethyl adjacent to an activating group) is 1. The van der Waals surface area contributed by atoms with Gasteiger partial charge in [0.25, 0.3) is 0 Å². The van der Waals surface area contributed by atoms with Crippen molar-refractivity contribution in [3.05, 3.63) is 29.6 Å². The lowest BCUT2D eigenvalue weighted by Gasteiger charge is -2.35. The number of fused-ring (bicyclic) bond motifs is 1. The molecule has 2 heterocycles. The zero-order valence-electron chi connectivity index (χ0n) is 23.7. The van der Waals surface area contributed by atoms with Crippen LogP contribution in [0.1, 0.15) is 52.5 Å². The molecule has 208 valence electrons. The zero-order valence-corrected chi connectivity index (χ0v) is 23.7. The first-order chi connectivity index (χ1) is 17.6. The minimum atomic E-state index is -0.336. The van der Waals surface area contributed by atoms with E-state index in [1.165, 1.54) is 12.1 Å². The van der Waals surface area contributed by atoms with Crippen LogP contribution in [-0.4, -0.2) is 104 Å². The van der Waals surface area contributed by atoms with Crippen molar-refractivity contribution >= 4 is 17.5 Å². The van der Waals surface area contributed by atoms with E-state index in [0.29, 0.717) is 44.1 Å². The molecule has 8 heteroatoms. The highest BCUT2D eigenvalue weighted by atomic mass is 19.1. The molecule has 1 fully saturated rings. The number of rotatable bonds is 6. The van der Waals surface area contributed by atoms with E-state index >= 15 is 0 Å². The maximum absolute atomic E-state index is 14.5. The third-order valence-electron chi connectivity index (χ3n) is 7.27. The first-order valence-electron chi connectivity index (χ1n) is 14.1. The van der Waals surface area contributed by atoms with E-state index in [4.69, 9.17) is 0 Å². The number of nitrogens with zero attached hydrogens (tertiary/aromatic N) is 5. The summed E-state index contributed by atoms with van der Waals surface area (Å²) < 4.78 is 14.5. The van der Waals surface area contributed by atoms with E-state index in [1.54, 1.807) is 6.07 Å². The van der Waals surface area contributed by atoms with Gasteiger partial charge in [0.05, 0.1) is 6.54 Å². The monoisotopic (exact) mass is 517 g/mol. The molecule has 37 heavy (non-hydrogen) atoms. The van der Waals surface area contributed by atoms with Gasteiger partial charge >= 0.3 is 0 Å². The Morgan fingerprint density at radius 1 is 0.838 bits per heavy atom. The predicted molar refractivity (Wildman–Crippen MR) is 148 cm³/mol. The van der Waals surface area contributed by atoms with Crippen LogP contribution in [0.4, 0.5) is 10.1 Å². The molecule has 0 atom stereocenters. The third kappa shape index (κ3) is 9.34. The van der Waals surface area contributed by atoms with E-state index in [0.717, 1.165) is 64.3 Å². The van der Waals surface area contributed by atoms with Gasteiger partial charge in [0.15, 0.2) is 0 Å². The van der Waals surface area contributed by atoms with Crippen LogP contribution in [0.3, 0.4) is 0 Å². The smallest absolute Gasteiger partial charge is 0.237 e. The van der Waals surface area contributed by atoms with Gasteiger partial charge in [0.1, 0.15) is 5.82 Å². The second-order valence-electron chi connectivity index (χ2n) is 11.7. The van der Waals surface area contributed by atoms with Crippen LogP contribution in [0.25, 0.3) is 0 Å². The molecule has 2 amide bonds. The Bertz CT molecular complexity index is 885. The van der Waals surface area contributed by atoms with Crippen molar-refractivity contribution in [2.45, 2.75) is 53.5 Å². The van der Waals surface area contributed by atoms with Crippen LogP contribution in [0, 0.1) is 17.7 Å². The molecule has 0 aromatic heterocycles. The summed E-state index contributed by atoms with van der Waals surface area (Å²) in [4.78, 5) is 37.6. The highest BCUT2D eigenvalue weighted by Crippen LogP contribution is 2.26. The Labute approximate surface area is 223 Å². The van der Waals surface area contributed by atoms with Crippen LogP contribution in [0.15, 0.2) is 18.2 Å². The molecule has 7 nitrogen and oxygen atoms in total. The summed E-state index contributed by atoms with van der Waals surface area (Å²) in [6, 6.07) is 4.67. The number of hydrogen-bond acceptors (Lipinski definition) is 5. The Kier molecular flexibility index (Phi) is 11.3. The van der Waals surface area contributed by atoms with Gasteiger partial charge in [-0.05, 0) is 68.6 Å². The van der Waals surface area contributed by atoms with E-state index in [1.807, 2.05) is 23.6 Å². The number of carbonyl (C=O) groups excluding carboxylic acids is 2. The lowest BCUT2D eigenvalue weighted by Crippen LogP contribution is -2.49. The Balaban J connectivity index is 1.89. The number of carbonyl (C=O) groups is 2. The largest absolute Gasteiger partial charge is 0.337 e. The van der Waals surface area contributed by atoms with Crippen LogP contribution >= 0.6 is 0 Å². The Morgan fingerprint density at radius 3 is 2.16 bits per heavy atom. The highest BCUT2D eigenvalue weighted by Gasteiger charge is 2.25. The van der Waals surface area contributed by atoms with Crippen molar-refractivity contribution in [1.82, 2.24) is 19.6 Å². The number of piperazine rings is 1. The van der Waals surface area contributed by atoms with E-state index < -0.39 is 0 Å². The van der Waals surface area contributed by atoms with Crippen molar-refractivity contribution in [2.75, 3.05) is 77.4 Å². The molecule has 0 saturated carbocycles. The van der Waals surface area contributed by atoms with Crippen molar-refractivity contribution in [2.24, 2.45) is 11.8 Å². The molecule has 1 aromatic carbocycles. The standard InChI is InChI=1S/C29H48FN5O2/c1-23(2)18-28(36)35-13-7-11-32(20-24(3)4)10-6-12-34(21-25-19-26(30)8-9-27(25)35)29(37)22-33-16-14-31(5)15-17-33/h8-9,19,23-24H,6-7,10-18,20-22H2,1-5H3. The fourth-order valence-electron chi connectivity index (χ4n) is 5.33. The molecule has 1 aromatic rings. The minimum Gasteiger partial charge on any atom is -0.337 e. The first-order valence-corrected chi connectivity index (χ1v) is 14.1. The van der Waals surface area contributed by atoms with Crippen LogP contribution in [0.2, 0.25) is 0 Å². The van der Waals surface area contributed by atoms with Crippen LogP contribution < -0.4 is 4.90 Å². The summed E-state index contributed by atoms with van der Waals surface area (Å²) in [7, 11) is 2.11. The predicted octanol–water partition coefficient (Wildman–Crippen LogP) is 3.53. The fraction of sp³-hybridized carbons (Fsp3) is 0.724. The number of amides is 2. The number of halogens is 1. The lowest BCUT2D eigenvalue weighted by molar-refractivity contribution is -0.133. The van der Waals surface area contributed by atoms with Crippen molar-refractivity contribution in [1.29, 1.82) is 0 Å². The van der Waals surface area contributed by atoms with Gasteiger partial charge in [-0.2, -0.15) is 0 Å². The maximum Gasteiger partial charge on any atom is 0.237 e. The maximum atomic E-state index is 14.5. The first kappa shape index (κ1) is 29.5. The molecule has 2 aliphatic rings. The number of anilines is 1. The molecule has 0 spiro atoms. The van der Waals surface area contributed by atoms with E-state index in [2.05, 4.69) is 35.6 Å². The molecule has 0 unspecified atom stereocenters. The van der Waals surface area contributed by atoms with E-state index in [9.17, 15) is 14.0 Å². The SMILES string of the molecule is CC(C)CC(=O)N1CCCN(CC(C)C)CCCN(C(=O)CN2CCN(C)CC2)Cc2cc(F)ccc21. The minimum absolute atomic E-state index is 0.0608. The molecule has 3 rings (SSSR count). The Hall–Kier alpha value is -2.03. The van der Waals surface area contributed by atoms with Gasteiger partial charge in [0, 0.05) is 64.5 Å². The molecule has 1 saturated heterocycles. The molecular formula is C29H48FN5O2. The van der Waals surface area contributed by atoms with Crippen LogP contribution in [-0.2, 0) is 16.1 Å². The Morgan fingerprint density at radius 2 is 1.51 bits per heavy atom. The second kappa shape index (κ2) is 14.2. The normalized spacial score (nSPS) is 19.6. The number of hydrogen-bond donors (Lipinski definition) is 0. The van der Waals surface area contributed by atoms with Crippen molar-refractivity contribution in [3.63, 3.8) is 0 Å². The highest BCUT2D eigenvalue weighted by molar-refractivity contribution is 5.94. The third-order valence-corrected chi connectivity index (χ3v) is 7.27. The molecular weight excluding hydrogens is 469 g/mol. The average molecular weight is 518 g/mol. The second-order valence-corrected chi connectivity index (χ2v) is 11.7. The molecule has 0 radical (unpaired) electrons. The lowest BCUT2D eigenvalue weighted by atomic mass is 10.1. The summed E-state index contributed by atoms with van der Waals surface area (Å²) in [5, 5.41) is 0. The quantitative estimate of drug-likeness (QED) is 0.578. The van der Waals surface area contributed by atoms with Gasteiger partial charge in [-0.15, -0.1) is 0 Å². The van der Waals surface area contributed by atoms with E-state index in [-0.39, 0.29) is 23.5 Å². The van der Waals surface area contributed by atoms with Crippen molar-refractivity contribution < 1.29 is 14.0 Å². The average Bonchev–Trinajstić information content (AvgIpc) is 2.81. The van der Waals surface area contributed by atoms with Crippen LogP contribution in [0.5, 0.6) is 0 Å². The number of benzene rings is 1.